The lowest BCUT2D eigenvalue weighted by atomic mass is 10.0. The van der Waals surface area contributed by atoms with Gasteiger partial charge in [-0.3, -0.25) is 4.55 Å². The average molecular weight is 232 g/mol. The second-order valence-electron chi connectivity index (χ2n) is 3.48. The predicted octanol–water partition coefficient (Wildman–Crippen LogP) is 1.47. The van der Waals surface area contributed by atoms with E-state index in [-0.39, 0.29) is 5.92 Å². The molecule has 0 aliphatic heterocycles. The topological polar surface area (TPSA) is 94.8 Å². The van der Waals surface area contributed by atoms with Crippen LogP contribution in [0, 0.1) is 0 Å². The molecule has 0 saturated carbocycles. The van der Waals surface area contributed by atoms with E-state index < -0.39 is 26.5 Å². The highest BCUT2D eigenvalue weighted by Crippen LogP contribution is 2.37. The third-order valence-electron chi connectivity index (χ3n) is 2.02. The second kappa shape index (κ2) is 3.71. The fourth-order valence-corrected chi connectivity index (χ4v) is 1.99. The van der Waals surface area contributed by atoms with E-state index in [0.29, 0.717) is 5.56 Å². The van der Waals surface area contributed by atoms with Crippen LogP contribution >= 0.6 is 0 Å². The van der Waals surface area contributed by atoms with Crippen molar-refractivity contribution in [2.24, 2.45) is 0 Å². The number of phenols is 2. The summed E-state index contributed by atoms with van der Waals surface area (Å²) in [5, 5.41) is 18.8. The maximum Gasteiger partial charge on any atom is 0.301 e. The summed E-state index contributed by atoms with van der Waals surface area (Å²) in [7, 11) is -4.62. The molecule has 0 aliphatic carbocycles. The molecule has 1 aromatic rings. The predicted molar refractivity (Wildman–Crippen MR) is 53.7 cm³/mol. The SMILES string of the molecule is CC(C)c1ccc(O)c(S(=O)(=O)O)c1O. The Balaban J connectivity index is 3.59. The number of rotatable bonds is 2. The van der Waals surface area contributed by atoms with Gasteiger partial charge in [0.1, 0.15) is 11.5 Å². The van der Waals surface area contributed by atoms with E-state index in [0.717, 1.165) is 6.07 Å². The summed E-state index contributed by atoms with van der Waals surface area (Å²) in [6, 6.07) is 2.53. The molecule has 5 nitrogen and oxygen atoms in total. The molecule has 6 heteroatoms. The first-order valence-corrected chi connectivity index (χ1v) is 5.71. The maximum absolute atomic E-state index is 10.9. The molecule has 0 atom stereocenters. The van der Waals surface area contributed by atoms with E-state index in [1.54, 1.807) is 13.8 Å². The Morgan fingerprint density at radius 3 is 2.13 bits per heavy atom. The molecule has 0 bridgehead atoms. The lowest BCUT2D eigenvalue weighted by Crippen LogP contribution is -2.01. The molecule has 0 heterocycles. The van der Waals surface area contributed by atoms with Crippen LogP contribution < -0.4 is 0 Å². The van der Waals surface area contributed by atoms with Gasteiger partial charge in [-0.05, 0) is 17.5 Å². The van der Waals surface area contributed by atoms with Crippen LogP contribution in [0.15, 0.2) is 17.0 Å². The summed E-state index contributed by atoms with van der Waals surface area (Å²) >= 11 is 0. The largest absolute Gasteiger partial charge is 0.506 e. The first-order chi connectivity index (χ1) is 6.75. The van der Waals surface area contributed by atoms with Crippen molar-refractivity contribution in [1.82, 2.24) is 0 Å². The van der Waals surface area contributed by atoms with Gasteiger partial charge in [-0.1, -0.05) is 19.9 Å². The summed E-state index contributed by atoms with van der Waals surface area (Å²) in [6.07, 6.45) is 0. The van der Waals surface area contributed by atoms with Crippen molar-refractivity contribution in [3.8, 4) is 11.5 Å². The van der Waals surface area contributed by atoms with Crippen LogP contribution in [0.4, 0.5) is 0 Å². The Labute approximate surface area is 87.7 Å². The van der Waals surface area contributed by atoms with Gasteiger partial charge in [0.25, 0.3) is 0 Å². The molecule has 0 aliphatic rings. The molecule has 84 valence electrons. The summed E-state index contributed by atoms with van der Waals surface area (Å²) < 4.78 is 30.6. The van der Waals surface area contributed by atoms with Crippen molar-refractivity contribution in [3.05, 3.63) is 17.7 Å². The van der Waals surface area contributed by atoms with Gasteiger partial charge in [0.05, 0.1) is 0 Å². The first-order valence-electron chi connectivity index (χ1n) is 4.27. The lowest BCUT2D eigenvalue weighted by molar-refractivity contribution is 0.405. The standard InChI is InChI=1S/C9H12O5S/c1-5(2)6-3-4-7(10)9(8(6)11)15(12,13)14/h3-5,10-11H,1-2H3,(H,12,13,14). The minimum atomic E-state index is -4.62. The first kappa shape index (κ1) is 11.8. The summed E-state index contributed by atoms with van der Waals surface area (Å²) in [4.78, 5) is -0.839. The summed E-state index contributed by atoms with van der Waals surface area (Å²) in [6.45, 7) is 3.50. The van der Waals surface area contributed by atoms with E-state index in [2.05, 4.69) is 0 Å². The maximum atomic E-state index is 10.9. The summed E-state index contributed by atoms with van der Waals surface area (Å²) in [5.74, 6) is -1.39. The van der Waals surface area contributed by atoms with Gasteiger partial charge in [0.15, 0.2) is 4.90 Å². The third kappa shape index (κ3) is 2.21. The highest BCUT2D eigenvalue weighted by molar-refractivity contribution is 7.86. The Morgan fingerprint density at radius 2 is 1.73 bits per heavy atom. The Kier molecular flexibility index (Phi) is 2.92. The minimum Gasteiger partial charge on any atom is -0.506 e. The molecule has 1 aromatic carbocycles. The van der Waals surface area contributed by atoms with Crippen molar-refractivity contribution in [2.75, 3.05) is 0 Å². The molecule has 0 unspecified atom stereocenters. The van der Waals surface area contributed by atoms with Crippen LogP contribution in [0.25, 0.3) is 0 Å². The number of aromatic hydroxyl groups is 2. The molecule has 0 radical (unpaired) electrons. The fraction of sp³-hybridized carbons (Fsp3) is 0.333. The van der Waals surface area contributed by atoms with Crippen LogP contribution in [0.5, 0.6) is 11.5 Å². The molecule has 0 spiro atoms. The van der Waals surface area contributed by atoms with Crippen LogP contribution in [0.1, 0.15) is 25.3 Å². The third-order valence-corrected chi connectivity index (χ3v) is 2.94. The van der Waals surface area contributed by atoms with Crippen molar-refractivity contribution in [1.29, 1.82) is 0 Å². The van der Waals surface area contributed by atoms with E-state index >= 15 is 0 Å². The zero-order valence-corrected chi connectivity index (χ0v) is 9.11. The normalized spacial score (nSPS) is 12.0. The van der Waals surface area contributed by atoms with E-state index in [9.17, 15) is 18.6 Å². The highest BCUT2D eigenvalue weighted by Gasteiger charge is 2.23. The Hall–Kier alpha value is -1.27. The van der Waals surface area contributed by atoms with Gasteiger partial charge < -0.3 is 10.2 Å². The van der Waals surface area contributed by atoms with Crippen LogP contribution in [0.2, 0.25) is 0 Å². The molecular weight excluding hydrogens is 220 g/mol. The van der Waals surface area contributed by atoms with Gasteiger partial charge in [-0.25, -0.2) is 0 Å². The second-order valence-corrected chi connectivity index (χ2v) is 4.84. The number of hydrogen-bond donors (Lipinski definition) is 3. The molecule has 0 saturated heterocycles. The quantitative estimate of drug-likeness (QED) is 0.671. The minimum absolute atomic E-state index is 0.119. The average Bonchev–Trinajstić information content (AvgIpc) is 2.00. The summed E-state index contributed by atoms with van der Waals surface area (Å²) in [5.41, 5.74) is 0.348. The molecule has 15 heavy (non-hydrogen) atoms. The van der Waals surface area contributed by atoms with Gasteiger partial charge >= 0.3 is 10.1 Å². The van der Waals surface area contributed by atoms with Crippen molar-refractivity contribution in [2.45, 2.75) is 24.7 Å². The van der Waals surface area contributed by atoms with Crippen LogP contribution in [-0.4, -0.2) is 23.2 Å². The number of hydrogen-bond acceptors (Lipinski definition) is 4. The fourth-order valence-electron chi connectivity index (χ4n) is 1.30. The lowest BCUT2D eigenvalue weighted by Gasteiger charge is -2.11. The zero-order chi connectivity index (χ0) is 11.8. The monoisotopic (exact) mass is 232 g/mol. The van der Waals surface area contributed by atoms with Crippen LogP contribution in [0.3, 0.4) is 0 Å². The van der Waals surface area contributed by atoms with E-state index in [4.69, 9.17) is 4.55 Å². The van der Waals surface area contributed by atoms with E-state index in [1.807, 2.05) is 0 Å². The van der Waals surface area contributed by atoms with Crippen molar-refractivity contribution in [3.63, 3.8) is 0 Å². The number of benzene rings is 1. The molecular formula is C9H12O5S. The van der Waals surface area contributed by atoms with Gasteiger partial charge in [-0.2, -0.15) is 8.42 Å². The zero-order valence-electron chi connectivity index (χ0n) is 8.30. The van der Waals surface area contributed by atoms with Gasteiger partial charge in [0.2, 0.25) is 0 Å². The smallest absolute Gasteiger partial charge is 0.301 e. The van der Waals surface area contributed by atoms with Gasteiger partial charge in [0, 0.05) is 0 Å². The van der Waals surface area contributed by atoms with Crippen molar-refractivity contribution < 1.29 is 23.2 Å². The highest BCUT2D eigenvalue weighted by atomic mass is 32.2. The van der Waals surface area contributed by atoms with Crippen LogP contribution in [-0.2, 0) is 10.1 Å². The Morgan fingerprint density at radius 1 is 1.20 bits per heavy atom. The molecule has 1 rings (SSSR count). The molecule has 3 N–H and O–H groups in total. The molecule has 0 fully saturated rings. The number of phenolic OH excluding ortho intramolecular Hbond substituents is 2. The Bertz CT molecular complexity index is 476. The van der Waals surface area contributed by atoms with Crippen molar-refractivity contribution >= 4 is 10.1 Å². The molecule has 0 aromatic heterocycles. The van der Waals surface area contributed by atoms with Gasteiger partial charge in [-0.15, -0.1) is 0 Å². The van der Waals surface area contributed by atoms with E-state index in [1.165, 1.54) is 6.07 Å². The molecule has 0 amide bonds.